The van der Waals surface area contributed by atoms with E-state index in [1.54, 1.807) is 12.4 Å². The number of anilines is 1. The summed E-state index contributed by atoms with van der Waals surface area (Å²) in [6.07, 6.45) is 13.1. The minimum absolute atomic E-state index is 0.0841. The van der Waals surface area contributed by atoms with Crippen molar-refractivity contribution in [2.24, 2.45) is 5.92 Å². The molecular formula is C18H28N4O. The van der Waals surface area contributed by atoms with E-state index in [0.717, 1.165) is 31.9 Å². The van der Waals surface area contributed by atoms with Crippen LogP contribution in [0.3, 0.4) is 0 Å². The second-order valence-corrected chi connectivity index (χ2v) is 6.93. The van der Waals surface area contributed by atoms with Gasteiger partial charge in [-0.05, 0) is 31.7 Å². The van der Waals surface area contributed by atoms with Gasteiger partial charge in [0.2, 0.25) is 11.9 Å². The average Bonchev–Trinajstić information content (AvgIpc) is 2.91. The monoisotopic (exact) mass is 316 g/mol. The molecule has 5 heteroatoms. The van der Waals surface area contributed by atoms with Crippen LogP contribution in [0.25, 0.3) is 0 Å². The number of rotatable bonds is 3. The molecule has 5 nitrogen and oxygen atoms in total. The number of amides is 1. The number of piperidine rings is 1. The van der Waals surface area contributed by atoms with Crippen molar-refractivity contribution in [2.45, 2.75) is 57.4 Å². The van der Waals surface area contributed by atoms with Gasteiger partial charge in [0.1, 0.15) is 0 Å². The maximum absolute atomic E-state index is 12.9. The molecular weight excluding hydrogens is 288 g/mol. The fourth-order valence-electron chi connectivity index (χ4n) is 3.93. The van der Waals surface area contributed by atoms with Crippen LogP contribution in [0, 0.1) is 5.92 Å². The van der Waals surface area contributed by atoms with E-state index < -0.39 is 0 Å². The molecule has 2 aliphatic rings. The number of nitrogens with zero attached hydrogens (tertiary/aromatic N) is 4. The van der Waals surface area contributed by atoms with Crippen LogP contribution in [0.1, 0.15) is 51.4 Å². The van der Waals surface area contributed by atoms with Crippen LogP contribution in [-0.4, -0.2) is 47.0 Å². The molecule has 3 rings (SSSR count). The number of aromatic nitrogens is 2. The van der Waals surface area contributed by atoms with E-state index in [4.69, 9.17) is 0 Å². The average molecular weight is 316 g/mol. The summed E-state index contributed by atoms with van der Waals surface area (Å²) < 4.78 is 0. The minimum atomic E-state index is 0.0841. The topological polar surface area (TPSA) is 49.3 Å². The predicted molar refractivity (Wildman–Crippen MR) is 91.2 cm³/mol. The highest BCUT2D eigenvalue weighted by Gasteiger charge is 2.31. The predicted octanol–water partition coefficient (Wildman–Crippen LogP) is 2.87. The van der Waals surface area contributed by atoms with E-state index in [1.165, 1.54) is 38.5 Å². The zero-order chi connectivity index (χ0) is 16.1. The quantitative estimate of drug-likeness (QED) is 0.805. The van der Waals surface area contributed by atoms with Gasteiger partial charge in [-0.25, -0.2) is 9.97 Å². The van der Waals surface area contributed by atoms with Crippen LogP contribution in [0.5, 0.6) is 0 Å². The second kappa shape index (κ2) is 7.75. The summed E-state index contributed by atoms with van der Waals surface area (Å²) >= 11 is 0. The van der Waals surface area contributed by atoms with Gasteiger partial charge >= 0.3 is 0 Å². The van der Waals surface area contributed by atoms with Gasteiger partial charge in [0, 0.05) is 38.6 Å². The lowest BCUT2D eigenvalue weighted by Crippen LogP contribution is -2.47. The molecule has 1 aromatic heterocycles. The number of hydrogen-bond acceptors (Lipinski definition) is 4. The SMILES string of the molecule is CN(C(=O)C1CCCN(c2ncccn2)C1)C1CCCCCC1. The Balaban J connectivity index is 1.62. The van der Waals surface area contributed by atoms with E-state index in [9.17, 15) is 4.79 Å². The Morgan fingerprint density at radius 3 is 2.48 bits per heavy atom. The Kier molecular flexibility index (Phi) is 5.47. The summed E-state index contributed by atoms with van der Waals surface area (Å²) in [5, 5.41) is 0. The van der Waals surface area contributed by atoms with Crippen LogP contribution in [0.4, 0.5) is 5.95 Å². The van der Waals surface area contributed by atoms with Crippen molar-refractivity contribution in [3.8, 4) is 0 Å². The van der Waals surface area contributed by atoms with Gasteiger partial charge < -0.3 is 9.80 Å². The van der Waals surface area contributed by atoms with Crippen LogP contribution in [0.15, 0.2) is 18.5 Å². The molecule has 1 aromatic rings. The molecule has 0 radical (unpaired) electrons. The van der Waals surface area contributed by atoms with Crippen LogP contribution >= 0.6 is 0 Å². The lowest BCUT2D eigenvalue weighted by Gasteiger charge is -2.36. The number of hydrogen-bond donors (Lipinski definition) is 0. The van der Waals surface area contributed by atoms with E-state index >= 15 is 0 Å². The largest absolute Gasteiger partial charge is 0.342 e. The molecule has 1 amide bonds. The molecule has 0 N–H and O–H groups in total. The molecule has 1 atom stereocenters. The molecule has 1 aliphatic heterocycles. The van der Waals surface area contributed by atoms with Crippen molar-refractivity contribution in [1.82, 2.24) is 14.9 Å². The van der Waals surface area contributed by atoms with Gasteiger partial charge in [0.05, 0.1) is 5.92 Å². The van der Waals surface area contributed by atoms with Crippen molar-refractivity contribution >= 4 is 11.9 Å². The van der Waals surface area contributed by atoms with Gasteiger partial charge in [0.15, 0.2) is 0 Å². The zero-order valence-electron chi connectivity index (χ0n) is 14.2. The first-order valence-corrected chi connectivity index (χ1v) is 9.04. The second-order valence-electron chi connectivity index (χ2n) is 6.93. The van der Waals surface area contributed by atoms with Crippen LogP contribution in [0.2, 0.25) is 0 Å². The molecule has 1 unspecified atom stereocenters. The summed E-state index contributed by atoms with van der Waals surface area (Å²) in [5.74, 6) is 1.15. The van der Waals surface area contributed by atoms with Gasteiger partial charge in [-0.1, -0.05) is 25.7 Å². The minimum Gasteiger partial charge on any atom is -0.342 e. The van der Waals surface area contributed by atoms with Crippen LogP contribution in [-0.2, 0) is 4.79 Å². The zero-order valence-corrected chi connectivity index (χ0v) is 14.2. The first-order chi connectivity index (χ1) is 11.3. The molecule has 1 aliphatic carbocycles. The molecule has 2 heterocycles. The van der Waals surface area contributed by atoms with E-state index in [2.05, 4.69) is 14.9 Å². The van der Waals surface area contributed by atoms with Crippen molar-refractivity contribution in [2.75, 3.05) is 25.0 Å². The molecule has 1 saturated carbocycles. The third-order valence-electron chi connectivity index (χ3n) is 5.33. The van der Waals surface area contributed by atoms with Crippen molar-refractivity contribution in [3.05, 3.63) is 18.5 Å². The van der Waals surface area contributed by atoms with Gasteiger partial charge in [0.25, 0.3) is 0 Å². The molecule has 1 saturated heterocycles. The van der Waals surface area contributed by atoms with Crippen molar-refractivity contribution in [1.29, 1.82) is 0 Å². The first-order valence-electron chi connectivity index (χ1n) is 9.04. The third-order valence-corrected chi connectivity index (χ3v) is 5.33. The maximum Gasteiger partial charge on any atom is 0.227 e. The highest BCUT2D eigenvalue weighted by Crippen LogP contribution is 2.26. The van der Waals surface area contributed by atoms with Crippen molar-refractivity contribution < 1.29 is 4.79 Å². The summed E-state index contributed by atoms with van der Waals surface area (Å²) in [6, 6.07) is 2.27. The third kappa shape index (κ3) is 4.01. The highest BCUT2D eigenvalue weighted by molar-refractivity contribution is 5.79. The smallest absolute Gasteiger partial charge is 0.227 e. The molecule has 126 valence electrons. The normalized spacial score (nSPS) is 23.3. The summed E-state index contributed by atoms with van der Waals surface area (Å²) in [5.41, 5.74) is 0. The Bertz CT molecular complexity index is 499. The number of carbonyl (C=O) groups excluding carboxylic acids is 1. The van der Waals surface area contributed by atoms with Gasteiger partial charge in [-0.2, -0.15) is 0 Å². The fourth-order valence-corrected chi connectivity index (χ4v) is 3.93. The van der Waals surface area contributed by atoms with E-state index in [1.807, 2.05) is 18.0 Å². The van der Waals surface area contributed by atoms with Gasteiger partial charge in [-0.3, -0.25) is 4.79 Å². The Morgan fingerprint density at radius 1 is 1.09 bits per heavy atom. The standard InChI is InChI=1S/C18H28N4O/c1-21(16-9-4-2-3-5-10-16)17(23)15-8-6-13-22(14-15)18-19-11-7-12-20-18/h7,11-12,15-16H,2-6,8-10,13-14H2,1H3. The summed E-state index contributed by atoms with van der Waals surface area (Å²) in [6.45, 7) is 1.70. The lowest BCUT2D eigenvalue weighted by atomic mass is 9.95. The Hall–Kier alpha value is -1.65. The highest BCUT2D eigenvalue weighted by atomic mass is 16.2. The van der Waals surface area contributed by atoms with Crippen LogP contribution < -0.4 is 4.90 Å². The fraction of sp³-hybridized carbons (Fsp3) is 0.722. The molecule has 0 spiro atoms. The summed E-state index contributed by atoms with van der Waals surface area (Å²) in [4.78, 5) is 25.8. The molecule has 23 heavy (non-hydrogen) atoms. The maximum atomic E-state index is 12.9. The van der Waals surface area contributed by atoms with Gasteiger partial charge in [-0.15, -0.1) is 0 Å². The van der Waals surface area contributed by atoms with E-state index in [-0.39, 0.29) is 5.92 Å². The summed E-state index contributed by atoms with van der Waals surface area (Å²) in [7, 11) is 2.01. The van der Waals surface area contributed by atoms with Crippen molar-refractivity contribution in [3.63, 3.8) is 0 Å². The molecule has 2 fully saturated rings. The molecule has 0 aromatic carbocycles. The Labute approximate surface area is 139 Å². The number of carbonyl (C=O) groups is 1. The van der Waals surface area contributed by atoms with E-state index in [0.29, 0.717) is 11.9 Å². The lowest BCUT2D eigenvalue weighted by molar-refractivity contribution is -0.136. The Morgan fingerprint density at radius 2 is 1.78 bits per heavy atom. The molecule has 0 bridgehead atoms. The first kappa shape index (κ1) is 16.2.